The van der Waals surface area contributed by atoms with Crippen LogP contribution >= 0.6 is 0 Å². The van der Waals surface area contributed by atoms with Gasteiger partial charge in [0.15, 0.2) is 0 Å². The molecule has 4 rings (SSSR count). The first kappa shape index (κ1) is 19.0. The van der Waals surface area contributed by atoms with Crippen molar-refractivity contribution >= 4 is 29.2 Å². The number of hydrogen-bond acceptors (Lipinski definition) is 3. The van der Waals surface area contributed by atoms with Gasteiger partial charge in [-0.05, 0) is 68.1 Å². The molecule has 1 aliphatic carbocycles. The predicted molar refractivity (Wildman–Crippen MR) is 111 cm³/mol. The van der Waals surface area contributed by atoms with E-state index in [4.69, 9.17) is 0 Å². The predicted octanol–water partition coefficient (Wildman–Crippen LogP) is 3.46. The molecule has 4 amide bonds. The van der Waals surface area contributed by atoms with Crippen LogP contribution in [-0.2, 0) is 0 Å². The molecule has 0 aromatic heterocycles. The van der Waals surface area contributed by atoms with E-state index in [2.05, 4.69) is 16.0 Å². The fourth-order valence-corrected chi connectivity index (χ4v) is 3.32. The van der Waals surface area contributed by atoms with E-state index in [-0.39, 0.29) is 23.9 Å². The molecule has 3 N–H and O–H groups in total. The summed E-state index contributed by atoms with van der Waals surface area (Å²) in [5.74, 6) is -0.275. The lowest BCUT2D eigenvalue weighted by Gasteiger charge is -2.15. The third-order valence-corrected chi connectivity index (χ3v) is 5.08. The maximum Gasteiger partial charge on any atom is 0.319 e. The molecule has 0 spiro atoms. The van der Waals surface area contributed by atoms with Gasteiger partial charge in [0, 0.05) is 41.6 Å². The molecular weight excluding hydrogens is 368 g/mol. The number of amides is 4. The summed E-state index contributed by atoms with van der Waals surface area (Å²) >= 11 is 0. The summed E-state index contributed by atoms with van der Waals surface area (Å²) in [5, 5.41) is 8.43. The average Bonchev–Trinajstić information content (AvgIpc) is 3.36. The molecule has 2 aliphatic rings. The number of hydrogen-bond donors (Lipinski definition) is 3. The molecule has 2 aromatic carbocycles. The van der Waals surface area contributed by atoms with Crippen LogP contribution in [0.5, 0.6) is 0 Å². The highest BCUT2D eigenvalue weighted by Crippen LogP contribution is 2.20. The van der Waals surface area contributed by atoms with Crippen molar-refractivity contribution in [1.82, 2.24) is 10.2 Å². The van der Waals surface area contributed by atoms with Crippen LogP contribution in [0, 0.1) is 0 Å². The molecule has 1 saturated heterocycles. The van der Waals surface area contributed by atoms with E-state index in [0.717, 1.165) is 38.8 Å². The number of anilines is 2. The highest BCUT2D eigenvalue weighted by Gasteiger charge is 2.23. The zero-order valence-electron chi connectivity index (χ0n) is 16.1. The van der Waals surface area contributed by atoms with Gasteiger partial charge in [0.05, 0.1) is 0 Å². The van der Waals surface area contributed by atoms with Crippen LogP contribution in [0.25, 0.3) is 0 Å². The van der Waals surface area contributed by atoms with Gasteiger partial charge in [-0.1, -0.05) is 6.07 Å². The summed E-state index contributed by atoms with van der Waals surface area (Å²) in [5.41, 5.74) is 2.24. The number of nitrogens with zero attached hydrogens (tertiary/aromatic N) is 1. The van der Waals surface area contributed by atoms with Crippen molar-refractivity contribution in [3.05, 3.63) is 59.7 Å². The van der Waals surface area contributed by atoms with Crippen molar-refractivity contribution in [2.75, 3.05) is 23.7 Å². The molecule has 1 saturated carbocycles. The number of urea groups is 1. The molecule has 29 heavy (non-hydrogen) atoms. The lowest BCUT2D eigenvalue weighted by molar-refractivity contribution is 0.0792. The van der Waals surface area contributed by atoms with Gasteiger partial charge in [-0.3, -0.25) is 9.59 Å². The third kappa shape index (κ3) is 4.93. The van der Waals surface area contributed by atoms with Gasteiger partial charge in [-0.25, -0.2) is 4.79 Å². The van der Waals surface area contributed by atoms with Gasteiger partial charge in [0.25, 0.3) is 11.8 Å². The Hall–Kier alpha value is -3.35. The Balaban J connectivity index is 1.36. The van der Waals surface area contributed by atoms with Crippen LogP contribution in [0.4, 0.5) is 16.2 Å². The molecule has 0 radical (unpaired) electrons. The number of likely N-dealkylation sites (tertiary alicyclic amines) is 1. The van der Waals surface area contributed by atoms with E-state index in [1.165, 1.54) is 0 Å². The molecular formula is C22H24N4O3. The van der Waals surface area contributed by atoms with Crippen molar-refractivity contribution in [2.24, 2.45) is 0 Å². The van der Waals surface area contributed by atoms with Gasteiger partial charge >= 0.3 is 6.03 Å². The molecule has 1 aliphatic heterocycles. The molecule has 7 nitrogen and oxygen atoms in total. The number of benzene rings is 2. The highest BCUT2D eigenvalue weighted by atomic mass is 16.2. The van der Waals surface area contributed by atoms with Crippen LogP contribution in [0.15, 0.2) is 48.5 Å². The molecule has 0 unspecified atom stereocenters. The van der Waals surface area contributed by atoms with E-state index in [9.17, 15) is 14.4 Å². The quantitative estimate of drug-likeness (QED) is 0.728. The van der Waals surface area contributed by atoms with E-state index in [1.54, 1.807) is 48.5 Å². The van der Waals surface area contributed by atoms with Crippen LogP contribution in [0.3, 0.4) is 0 Å². The molecule has 1 heterocycles. The van der Waals surface area contributed by atoms with E-state index < -0.39 is 0 Å². The summed E-state index contributed by atoms with van der Waals surface area (Å²) in [6.07, 6.45) is 4.12. The second-order valence-electron chi connectivity index (χ2n) is 7.48. The maximum absolute atomic E-state index is 12.5. The minimum Gasteiger partial charge on any atom is -0.339 e. The fourth-order valence-electron chi connectivity index (χ4n) is 3.32. The highest BCUT2D eigenvalue weighted by molar-refractivity contribution is 6.05. The number of rotatable bonds is 5. The van der Waals surface area contributed by atoms with Crippen molar-refractivity contribution < 1.29 is 14.4 Å². The number of carbonyl (C=O) groups excluding carboxylic acids is 3. The summed E-state index contributed by atoms with van der Waals surface area (Å²) < 4.78 is 0. The molecule has 0 bridgehead atoms. The Morgan fingerprint density at radius 1 is 0.828 bits per heavy atom. The summed E-state index contributed by atoms with van der Waals surface area (Å²) in [4.78, 5) is 38.7. The summed E-state index contributed by atoms with van der Waals surface area (Å²) in [7, 11) is 0. The molecule has 2 fully saturated rings. The second kappa shape index (κ2) is 8.34. The Bertz CT molecular complexity index is 916. The molecule has 2 aromatic rings. The number of nitrogens with one attached hydrogen (secondary N) is 3. The standard InChI is InChI=1S/C22H24N4O3/c27-20(15-6-8-17(9-7-15)24-22(29)25-18-10-11-18)23-19-5-3-4-16(14-19)21(28)26-12-1-2-13-26/h3-9,14,18H,1-2,10-13H2,(H,23,27)(H2,24,25,29). The van der Waals surface area contributed by atoms with Crippen LogP contribution in [-0.4, -0.2) is 41.9 Å². The molecule has 150 valence electrons. The molecule has 7 heteroatoms. The van der Waals surface area contributed by atoms with Crippen molar-refractivity contribution in [2.45, 2.75) is 31.7 Å². The van der Waals surface area contributed by atoms with Crippen molar-refractivity contribution in [3.63, 3.8) is 0 Å². The fraction of sp³-hybridized carbons (Fsp3) is 0.318. The minimum absolute atomic E-state index is 0.00139. The van der Waals surface area contributed by atoms with Crippen molar-refractivity contribution in [3.8, 4) is 0 Å². The monoisotopic (exact) mass is 392 g/mol. The maximum atomic E-state index is 12.5. The zero-order chi connectivity index (χ0) is 20.2. The molecule has 0 atom stereocenters. The van der Waals surface area contributed by atoms with E-state index in [1.807, 2.05) is 4.90 Å². The lowest BCUT2D eigenvalue weighted by Crippen LogP contribution is -2.30. The van der Waals surface area contributed by atoms with Crippen molar-refractivity contribution in [1.29, 1.82) is 0 Å². The zero-order valence-corrected chi connectivity index (χ0v) is 16.1. The van der Waals surface area contributed by atoms with Crippen LogP contribution in [0.1, 0.15) is 46.4 Å². The Morgan fingerprint density at radius 3 is 2.24 bits per heavy atom. The Labute approximate surface area is 169 Å². The van der Waals surface area contributed by atoms with E-state index >= 15 is 0 Å². The smallest absolute Gasteiger partial charge is 0.319 e. The van der Waals surface area contributed by atoms with E-state index in [0.29, 0.717) is 22.5 Å². The lowest BCUT2D eigenvalue weighted by atomic mass is 10.1. The van der Waals surface area contributed by atoms with Gasteiger partial charge in [-0.15, -0.1) is 0 Å². The van der Waals surface area contributed by atoms with Crippen LogP contribution in [0.2, 0.25) is 0 Å². The van der Waals surface area contributed by atoms with Crippen LogP contribution < -0.4 is 16.0 Å². The third-order valence-electron chi connectivity index (χ3n) is 5.08. The van der Waals surface area contributed by atoms with Gasteiger partial charge < -0.3 is 20.9 Å². The van der Waals surface area contributed by atoms with Gasteiger partial charge in [-0.2, -0.15) is 0 Å². The second-order valence-corrected chi connectivity index (χ2v) is 7.48. The first-order valence-electron chi connectivity index (χ1n) is 9.97. The number of carbonyl (C=O) groups is 3. The summed E-state index contributed by atoms with van der Waals surface area (Å²) in [6, 6.07) is 13.7. The summed E-state index contributed by atoms with van der Waals surface area (Å²) in [6.45, 7) is 1.57. The first-order valence-corrected chi connectivity index (χ1v) is 9.97. The normalized spacial score (nSPS) is 15.7. The Morgan fingerprint density at radius 2 is 1.55 bits per heavy atom. The largest absolute Gasteiger partial charge is 0.339 e. The average molecular weight is 392 g/mol. The van der Waals surface area contributed by atoms with Gasteiger partial charge in [0.1, 0.15) is 0 Å². The minimum atomic E-state index is -0.273. The topological polar surface area (TPSA) is 90.5 Å². The first-order chi connectivity index (χ1) is 14.1. The Kier molecular flexibility index (Phi) is 5.46. The van der Waals surface area contributed by atoms with Gasteiger partial charge in [0.2, 0.25) is 0 Å². The SMILES string of the molecule is O=C(Nc1ccc(C(=O)Nc2cccc(C(=O)N3CCCC3)c2)cc1)NC1CC1.